The van der Waals surface area contributed by atoms with Gasteiger partial charge in [-0.15, -0.1) is 11.3 Å². The van der Waals surface area contributed by atoms with E-state index < -0.39 is 0 Å². The molecule has 0 spiro atoms. The highest BCUT2D eigenvalue weighted by atomic mass is 32.1. The van der Waals surface area contributed by atoms with E-state index in [0.717, 1.165) is 16.0 Å². The van der Waals surface area contributed by atoms with E-state index in [1.54, 1.807) is 25.6 Å². The molecule has 1 aromatic carbocycles. The highest BCUT2D eigenvalue weighted by Gasteiger charge is 2.14. The number of fused-ring (bicyclic) bond motifs is 1. The van der Waals surface area contributed by atoms with Crippen LogP contribution in [-0.2, 0) is 6.54 Å². The number of methoxy groups -OCH3 is 2. The van der Waals surface area contributed by atoms with E-state index in [-0.39, 0.29) is 0 Å². The molecular formula is C14H16N4O2S. The van der Waals surface area contributed by atoms with Gasteiger partial charge in [0.2, 0.25) is 5.95 Å². The minimum atomic E-state index is 0.452. The molecule has 110 valence electrons. The van der Waals surface area contributed by atoms with Crippen LogP contribution in [0.1, 0.15) is 9.88 Å². The number of aryl methyl sites for hydroxylation is 1. The number of aromatic nitrogens is 3. The Morgan fingerprint density at radius 2 is 1.95 bits per heavy atom. The number of imidazole rings is 1. The lowest BCUT2D eigenvalue weighted by Gasteiger charge is -2.08. The van der Waals surface area contributed by atoms with Gasteiger partial charge in [-0.2, -0.15) is 0 Å². The molecule has 0 amide bonds. The minimum Gasteiger partial charge on any atom is -0.493 e. The molecule has 6 nitrogen and oxygen atoms in total. The molecule has 0 radical (unpaired) electrons. The van der Waals surface area contributed by atoms with Crippen molar-refractivity contribution in [1.82, 2.24) is 14.5 Å². The summed E-state index contributed by atoms with van der Waals surface area (Å²) in [5.41, 5.74) is 7.72. The van der Waals surface area contributed by atoms with Gasteiger partial charge in [0.25, 0.3) is 0 Å². The maximum atomic E-state index is 6.04. The molecule has 0 saturated carbocycles. The molecule has 2 heterocycles. The number of hydrogen-bond acceptors (Lipinski definition) is 6. The summed E-state index contributed by atoms with van der Waals surface area (Å²) in [6, 6.07) is 3.71. The zero-order valence-electron chi connectivity index (χ0n) is 12.1. The first-order valence-corrected chi connectivity index (χ1v) is 7.23. The Balaban J connectivity index is 2.11. The van der Waals surface area contributed by atoms with Crippen LogP contribution in [0.2, 0.25) is 0 Å². The normalized spacial score (nSPS) is 11.0. The van der Waals surface area contributed by atoms with Gasteiger partial charge in [0, 0.05) is 23.2 Å². The van der Waals surface area contributed by atoms with Gasteiger partial charge in [-0.1, -0.05) is 0 Å². The molecule has 0 fully saturated rings. The largest absolute Gasteiger partial charge is 0.493 e. The van der Waals surface area contributed by atoms with Crippen LogP contribution in [0.5, 0.6) is 11.5 Å². The lowest BCUT2D eigenvalue weighted by atomic mass is 10.2. The van der Waals surface area contributed by atoms with Crippen LogP contribution in [0.3, 0.4) is 0 Å². The highest BCUT2D eigenvalue weighted by molar-refractivity contribution is 7.11. The Labute approximate surface area is 126 Å². The van der Waals surface area contributed by atoms with Crippen molar-refractivity contribution in [3.63, 3.8) is 0 Å². The quantitative estimate of drug-likeness (QED) is 0.801. The van der Waals surface area contributed by atoms with E-state index in [2.05, 4.69) is 9.97 Å². The summed E-state index contributed by atoms with van der Waals surface area (Å²) >= 11 is 1.65. The summed E-state index contributed by atoms with van der Waals surface area (Å²) < 4.78 is 12.6. The molecular weight excluding hydrogens is 288 g/mol. The maximum absolute atomic E-state index is 6.04. The Bertz CT molecular complexity index is 794. The van der Waals surface area contributed by atoms with Gasteiger partial charge in [-0.05, 0) is 6.92 Å². The number of nitrogens with zero attached hydrogens (tertiary/aromatic N) is 3. The topological polar surface area (TPSA) is 75.2 Å². The number of rotatable bonds is 4. The third kappa shape index (κ3) is 2.40. The monoisotopic (exact) mass is 304 g/mol. The number of anilines is 1. The lowest BCUT2D eigenvalue weighted by molar-refractivity contribution is 0.355. The molecule has 0 atom stereocenters. The number of benzene rings is 1. The van der Waals surface area contributed by atoms with Crippen molar-refractivity contribution in [2.75, 3.05) is 20.0 Å². The molecule has 21 heavy (non-hydrogen) atoms. The molecule has 3 aromatic rings. The first kappa shape index (κ1) is 13.7. The fourth-order valence-electron chi connectivity index (χ4n) is 2.25. The van der Waals surface area contributed by atoms with Crippen molar-refractivity contribution in [3.05, 3.63) is 28.2 Å². The molecule has 2 aromatic heterocycles. The standard InChI is InChI=1S/C14H16N4O2S/c1-8-6-16-13(21-8)7-18-10-5-12(20-3)11(19-2)4-9(10)17-14(18)15/h4-6H,7H2,1-3H3,(H2,15,17). The second-order valence-electron chi connectivity index (χ2n) is 4.62. The predicted octanol–water partition coefficient (Wildman–Crippen LogP) is 2.45. The third-order valence-electron chi connectivity index (χ3n) is 3.25. The summed E-state index contributed by atoms with van der Waals surface area (Å²) in [6.45, 7) is 2.63. The highest BCUT2D eigenvalue weighted by Crippen LogP contribution is 2.33. The smallest absolute Gasteiger partial charge is 0.201 e. The fourth-order valence-corrected chi connectivity index (χ4v) is 3.02. The second kappa shape index (κ2) is 5.25. The van der Waals surface area contributed by atoms with E-state index in [9.17, 15) is 0 Å². The van der Waals surface area contributed by atoms with E-state index in [1.807, 2.05) is 29.8 Å². The SMILES string of the molecule is COc1cc2nc(N)n(Cc3ncc(C)s3)c2cc1OC. The molecule has 2 N–H and O–H groups in total. The molecule has 0 aliphatic carbocycles. The molecule has 0 unspecified atom stereocenters. The van der Waals surface area contributed by atoms with E-state index in [0.29, 0.717) is 24.0 Å². The second-order valence-corrected chi connectivity index (χ2v) is 5.94. The number of thiazole rings is 1. The minimum absolute atomic E-state index is 0.452. The molecule has 7 heteroatoms. The zero-order chi connectivity index (χ0) is 15.0. The Morgan fingerprint density at radius 1 is 1.24 bits per heavy atom. The molecule has 3 rings (SSSR count). The first-order valence-electron chi connectivity index (χ1n) is 6.41. The van der Waals surface area contributed by atoms with Crippen LogP contribution < -0.4 is 15.2 Å². The average molecular weight is 304 g/mol. The Morgan fingerprint density at radius 3 is 2.57 bits per heavy atom. The van der Waals surface area contributed by atoms with Gasteiger partial charge in [-0.25, -0.2) is 9.97 Å². The number of hydrogen-bond donors (Lipinski definition) is 1. The summed E-state index contributed by atoms with van der Waals surface area (Å²) in [6.07, 6.45) is 1.86. The first-order chi connectivity index (χ1) is 10.1. The summed E-state index contributed by atoms with van der Waals surface area (Å²) in [4.78, 5) is 9.93. The van der Waals surface area contributed by atoms with E-state index in [4.69, 9.17) is 15.2 Å². The van der Waals surface area contributed by atoms with Gasteiger partial charge in [0.15, 0.2) is 11.5 Å². The van der Waals surface area contributed by atoms with Crippen molar-refractivity contribution in [2.45, 2.75) is 13.5 Å². The summed E-state index contributed by atoms with van der Waals surface area (Å²) in [5, 5.41) is 0.994. The van der Waals surface area contributed by atoms with Gasteiger partial charge < -0.3 is 19.8 Å². The number of nitrogen functional groups attached to an aromatic ring is 1. The van der Waals surface area contributed by atoms with Crippen LogP contribution in [0.15, 0.2) is 18.3 Å². The molecule has 0 bridgehead atoms. The zero-order valence-corrected chi connectivity index (χ0v) is 12.9. The van der Waals surface area contributed by atoms with Gasteiger partial charge in [0.1, 0.15) is 5.01 Å². The van der Waals surface area contributed by atoms with Crippen molar-refractivity contribution >= 4 is 28.3 Å². The Kier molecular flexibility index (Phi) is 3.42. The van der Waals surface area contributed by atoms with Gasteiger partial charge in [0.05, 0.1) is 31.8 Å². The van der Waals surface area contributed by atoms with Crippen LogP contribution >= 0.6 is 11.3 Å². The van der Waals surface area contributed by atoms with E-state index >= 15 is 0 Å². The van der Waals surface area contributed by atoms with Crippen LogP contribution in [-0.4, -0.2) is 28.8 Å². The fraction of sp³-hybridized carbons (Fsp3) is 0.286. The summed E-state index contributed by atoms with van der Waals surface area (Å²) in [5.74, 6) is 1.74. The molecule has 0 aliphatic rings. The number of nitrogens with two attached hydrogens (primary N) is 1. The van der Waals surface area contributed by atoms with Crippen molar-refractivity contribution in [1.29, 1.82) is 0 Å². The van der Waals surface area contributed by atoms with E-state index in [1.165, 1.54) is 4.88 Å². The molecule has 0 aliphatic heterocycles. The van der Waals surface area contributed by atoms with Gasteiger partial charge >= 0.3 is 0 Å². The van der Waals surface area contributed by atoms with Crippen molar-refractivity contribution in [2.24, 2.45) is 0 Å². The predicted molar refractivity (Wildman–Crippen MR) is 83.2 cm³/mol. The Hall–Kier alpha value is -2.28. The third-order valence-corrected chi connectivity index (χ3v) is 4.14. The summed E-state index contributed by atoms with van der Waals surface area (Å²) in [7, 11) is 3.21. The lowest BCUT2D eigenvalue weighted by Crippen LogP contribution is -2.04. The van der Waals surface area contributed by atoms with Gasteiger partial charge in [-0.3, -0.25) is 0 Å². The van der Waals surface area contributed by atoms with Crippen LogP contribution in [0.25, 0.3) is 11.0 Å². The maximum Gasteiger partial charge on any atom is 0.201 e. The number of ether oxygens (including phenoxy) is 2. The van der Waals surface area contributed by atoms with Crippen molar-refractivity contribution in [3.8, 4) is 11.5 Å². The average Bonchev–Trinajstić information content (AvgIpc) is 3.02. The van der Waals surface area contributed by atoms with Crippen LogP contribution in [0, 0.1) is 6.92 Å². The van der Waals surface area contributed by atoms with Crippen LogP contribution in [0.4, 0.5) is 5.95 Å². The molecule has 0 saturated heterocycles. The van der Waals surface area contributed by atoms with Crippen molar-refractivity contribution < 1.29 is 9.47 Å².